The first-order chi connectivity index (χ1) is 18.1. The van der Waals surface area contributed by atoms with Gasteiger partial charge in [-0.3, -0.25) is 9.69 Å². The zero-order chi connectivity index (χ0) is 27.1. The summed E-state index contributed by atoms with van der Waals surface area (Å²) in [6, 6.07) is 15.2. The third kappa shape index (κ3) is 5.08. The fraction of sp³-hybridized carbons (Fsp3) is 0.429. The smallest absolute Gasteiger partial charge is 0.277 e. The Bertz CT molecular complexity index is 1420. The molecule has 0 unspecified atom stereocenters. The lowest BCUT2D eigenvalue weighted by molar-refractivity contribution is 0.0295. The molecule has 202 valence electrons. The molecule has 0 spiro atoms. The minimum Gasteiger partial charge on any atom is -0.497 e. The van der Waals surface area contributed by atoms with E-state index in [1.54, 1.807) is 36.3 Å². The van der Waals surface area contributed by atoms with Crippen molar-refractivity contribution in [3.8, 4) is 11.4 Å². The second-order valence-electron chi connectivity index (χ2n) is 10.5. The van der Waals surface area contributed by atoms with Gasteiger partial charge in [0.1, 0.15) is 11.4 Å². The summed E-state index contributed by atoms with van der Waals surface area (Å²) in [5.74, 6) is 0.382. The lowest BCUT2D eigenvalue weighted by atomic mass is 9.84. The molecule has 5 rings (SSSR count). The van der Waals surface area contributed by atoms with Crippen LogP contribution in [0.3, 0.4) is 0 Å². The van der Waals surface area contributed by atoms with E-state index in [0.717, 1.165) is 44.8 Å². The second-order valence-corrected chi connectivity index (χ2v) is 12.5. The third-order valence-electron chi connectivity index (χ3n) is 7.33. The summed E-state index contributed by atoms with van der Waals surface area (Å²) in [4.78, 5) is 18.0. The number of carbonyl (C=O) groups is 1. The number of benzene rings is 2. The summed E-state index contributed by atoms with van der Waals surface area (Å²) in [6.45, 7) is 9.17. The van der Waals surface area contributed by atoms with Crippen molar-refractivity contribution in [3.05, 3.63) is 65.4 Å². The predicted molar refractivity (Wildman–Crippen MR) is 145 cm³/mol. The number of nitrogens with zero attached hydrogens (tertiary/aromatic N) is 4. The second kappa shape index (κ2) is 10.2. The number of hydrogen-bond donors (Lipinski definition) is 0. The first-order valence-corrected chi connectivity index (χ1v) is 14.7. The maximum absolute atomic E-state index is 13.8. The van der Waals surface area contributed by atoms with Crippen LogP contribution in [0.15, 0.2) is 53.6 Å². The number of fused-ring (bicyclic) bond motifs is 1. The zero-order valence-corrected chi connectivity index (χ0v) is 23.1. The molecule has 0 atom stereocenters. The Balaban J connectivity index is 1.45. The van der Waals surface area contributed by atoms with Crippen LogP contribution in [0.4, 0.5) is 5.69 Å². The van der Waals surface area contributed by atoms with Crippen LogP contribution in [-0.4, -0.2) is 81.8 Å². The van der Waals surface area contributed by atoms with Gasteiger partial charge in [0.2, 0.25) is 0 Å². The molecule has 3 heterocycles. The van der Waals surface area contributed by atoms with E-state index in [1.165, 1.54) is 10.2 Å². The molecule has 1 saturated heterocycles. The van der Waals surface area contributed by atoms with Gasteiger partial charge in [-0.2, -0.15) is 5.10 Å². The first kappa shape index (κ1) is 26.4. The van der Waals surface area contributed by atoms with Crippen LogP contribution in [0, 0.1) is 0 Å². The number of ether oxygens (including phenoxy) is 2. The molecule has 9 nitrogen and oxygen atoms in total. The number of aromatic nitrogens is 2. The first-order valence-electron chi connectivity index (χ1n) is 12.8. The number of sulfone groups is 1. The third-order valence-corrected chi connectivity index (χ3v) is 8.36. The fourth-order valence-corrected chi connectivity index (χ4v) is 6.16. The summed E-state index contributed by atoms with van der Waals surface area (Å²) in [5.41, 5.74) is 3.24. The summed E-state index contributed by atoms with van der Waals surface area (Å²) in [6.07, 6.45) is 1.52. The molecule has 0 N–H and O–H groups in total. The lowest BCUT2D eigenvalue weighted by Gasteiger charge is -2.35. The average Bonchev–Trinajstić information content (AvgIpc) is 3.31. The Labute approximate surface area is 223 Å². The van der Waals surface area contributed by atoms with Crippen LogP contribution in [-0.2, 0) is 26.4 Å². The molecule has 2 aliphatic rings. The van der Waals surface area contributed by atoms with E-state index >= 15 is 0 Å². The molecule has 2 aromatic carbocycles. The molecule has 3 aromatic rings. The largest absolute Gasteiger partial charge is 0.497 e. The molecule has 1 aromatic heterocycles. The van der Waals surface area contributed by atoms with Crippen molar-refractivity contribution in [2.24, 2.45) is 0 Å². The number of morpholine rings is 1. The van der Waals surface area contributed by atoms with Crippen molar-refractivity contribution in [1.29, 1.82) is 0 Å². The van der Waals surface area contributed by atoms with Crippen molar-refractivity contribution in [3.63, 3.8) is 0 Å². The number of amides is 1. The molecule has 0 bridgehead atoms. The summed E-state index contributed by atoms with van der Waals surface area (Å²) in [5, 5.41) is 4.35. The van der Waals surface area contributed by atoms with Gasteiger partial charge in [-0.25, -0.2) is 13.1 Å². The summed E-state index contributed by atoms with van der Waals surface area (Å²) in [7, 11) is -2.05. The fourth-order valence-electron chi connectivity index (χ4n) is 5.29. The van der Waals surface area contributed by atoms with E-state index in [4.69, 9.17) is 9.47 Å². The van der Waals surface area contributed by atoms with E-state index in [-0.39, 0.29) is 22.0 Å². The highest BCUT2D eigenvalue weighted by atomic mass is 32.2. The average molecular weight is 539 g/mol. The Morgan fingerprint density at radius 1 is 0.974 bits per heavy atom. The van der Waals surface area contributed by atoms with E-state index in [9.17, 15) is 13.2 Å². The van der Waals surface area contributed by atoms with Crippen LogP contribution in [0.5, 0.6) is 5.75 Å². The van der Waals surface area contributed by atoms with Crippen LogP contribution in [0.25, 0.3) is 5.69 Å². The maximum Gasteiger partial charge on any atom is 0.277 e. The van der Waals surface area contributed by atoms with Crippen LogP contribution < -0.4 is 9.64 Å². The summed E-state index contributed by atoms with van der Waals surface area (Å²) >= 11 is 0. The molecule has 1 fully saturated rings. The van der Waals surface area contributed by atoms with Crippen molar-refractivity contribution >= 4 is 21.4 Å². The zero-order valence-electron chi connectivity index (χ0n) is 22.3. The van der Waals surface area contributed by atoms with Gasteiger partial charge in [-0.05, 0) is 48.4 Å². The lowest BCUT2D eigenvalue weighted by Crippen LogP contribution is -2.43. The van der Waals surface area contributed by atoms with Crippen molar-refractivity contribution in [1.82, 2.24) is 14.7 Å². The molecule has 0 radical (unpaired) electrons. The van der Waals surface area contributed by atoms with E-state index in [2.05, 4.69) is 36.0 Å². The SMILES string of the molecule is COc1ccc(-n2nc(S(C)(=O)=O)c3c2C(=O)N(c2ccc(C(C)(C)CN4CCOCC4)cc2)CC3)cc1. The van der Waals surface area contributed by atoms with Gasteiger partial charge < -0.3 is 14.4 Å². The van der Waals surface area contributed by atoms with Crippen molar-refractivity contribution < 1.29 is 22.7 Å². The van der Waals surface area contributed by atoms with Gasteiger partial charge in [0.15, 0.2) is 14.9 Å². The van der Waals surface area contributed by atoms with Gasteiger partial charge in [0.25, 0.3) is 5.91 Å². The number of rotatable bonds is 7. The van der Waals surface area contributed by atoms with Gasteiger partial charge in [0, 0.05) is 49.1 Å². The standard InChI is InChI=1S/C28H34N4O5S/c1-28(2,19-30-15-17-37-18-16-30)20-5-7-21(8-6-20)31-14-13-24-25(27(31)33)32(29-26(24)38(4,34)35)22-9-11-23(36-3)12-10-22/h5-12H,13-19H2,1-4H3. The van der Waals surface area contributed by atoms with Gasteiger partial charge in [-0.1, -0.05) is 26.0 Å². The van der Waals surface area contributed by atoms with Gasteiger partial charge in [0.05, 0.1) is 26.0 Å². The Kier molecular flexibility index (Phi) is 7.06. The molecule has 0 aliphatic carbocycles. The monoisotopic (exact) mass is 538 g/mol. The van der Waals surface area contributed by atoms with Crippen LogP contribution in [0.2, 0.25) is 0 Å². The molecule has 38 heavy (non-hydrogen) atoms. The highest BCUT2D eigenvalue weighted by Crippen LogP contribution is 2.33. The number of anilines is 1. The van der Waals surface area contributed by atoms with E-state index in [0.29, 0.717) is 30.0 Å². The molecular formula is C28H34N4O5S. The topological polar surface area (TPSA) is 94.0 Å². The van der Waals surface area contributed by atoms with E-state index in [1.807, 2.05) is 12.1 Å². The minimum atomic E-state index is -3.62. The van der Waals surface area contributed by atoms with Crippen molar-refractivity contribution in [2.75, 3.05) is 57.7 Å². The van der Waals surface area contributed by atoms with Gasteiger partial charge in [-0.15, -0.1) is 0 Å². The summed E-state index contributed by atoms with van der Waals surface area (Å²) < 4.78 is 37.3. The quantitative estimate of drug-likeness (QED) is 0.456. The Morgan fingerprint density at radius 3 is 2.21 bits per heavy atom. The number of hydrogen-bond acceptors (Lipinski definition) is 7. The highest BCUT2D eigenvalue weighted by molar-refractivity contribution is 7.90. The normalized spacial score (nSPS) is 16.9. The Morgan fingerprint density at radius 2 is 1.61 bits per heavy atom. The minimum absolute atomic E-state index is 0.0449. The van der Waals surface area contributed by atoms with Gasteiger partial charge >= 0.3 is 0 Å². The predicted octanol–water partition coefficient (Wildman–Crippen LogP) is 3.10. The molecule has 10 heteroatoms. The molecule has 0 saturated carbocycles. The highest BCUT2D eigenvalue weighted by Gasteiger charge is 2.36. The number of methoxy groups -OCH3 is 1. The molecular weight excluding hydrogens is 504 g/mol. The molecule has 1 amide bonds. The van der Waals surface area contributed by atoms with Crippen LogP contribution >= 0.6 is 0 Å². The van der Waals surface area contributed by atoms with Crippen LogP contribution in [0.1, 0.15) is 35.5 Å². The maximum atomic E-state index is 13.8. The molecule has 2 aliphatic heterocycles. The number of carbonyl (C=O) groups excluding carboxylic acids is 1. The Hall–Kier alpha value is -3.21. The van der Waals surface area contributed by atoms with Crippen molar-refractivity contribution in [2.45, 2.75) is 30.7 Å². The van der Waals surface area contributed by atoms with E-state index < -0.39 is 9.84 Å².